The van der Waals surface area contributed by atoms with Crippen molar-refractivity contribution >= 4 is 27.6 Å². The molecule has 0 radical (unpaired) electrons. The molecule has 6 nitrogen and oxygen atoms in total. The summed E-state index contributed by atoms with van der Waals surface area (Å²) in [5.41, 5.74) is 7.06. The van der Waals surface area contributed by atoms with Gasteiger partial charge in [-0.1, -0.05) is 60.5 Å². The average molecular weight is 491 g/mol. The first-order valence-corrected chi connectivity index (χ1v) is 13.8. The number of sulfonamides is 1. The third kappa shape index (κ3) is 6.93. The third-order valence-electron chi connectivity index (χ3n) is 6.49. The maximum Gasteiger partial charge on any atom is 0.276 e. The Morgan fingerprint density at radius 1 is 0.914 bits per heavy atom. The zero-order valence-electron chi connectivity index (χ0n) is 20.2. The van der Waals surface area contributed by atoms with Gasteiger partial charge in [0.25, 0.3) is 10.0 Å². The highest BCUT2D eigenvalue weighted by Crippen LogP contribution is 2.32. The molecule has 4 rings (SSSR count). The second kappa shape index (κ2) is 12.0. The molecule has 1 saturated carbocycles. The largest absolute Gasteiger partial charge is 0.277 e. The fourth-order valence-corrected chi connectivity index (χ4v) is 5.40. The minimum absolute atomic E-state index is 0.224. The van der Waals surface area contributed by atoms with Crippen LogP contribution in [0.1, 0.15) is 44.1 Å². The molecule has 3 aromatic carbocycles. The van der Waals surface area contributed by atoms with Gasteiger partial charge < -0.3 is 0 Å². The number of hydrogen-bond donors (Lipinski definition) is 2. The van der Waals surface area contributed by atoms with E-state index in [4.69, 9.17) is 0 Å². The van der Waals surface area contributed by atoms with Crippen molar-refractivity contribution in [1.82, 2.24) is 10.3 Å². The van der Waals surface area contributed by atoms with Gasteiger partial charge in [0.15, 0.2) is 0 Å². The fraction of sp³-hybridized carbons (Fsp3) is 0.321. The lowest BCUT2D eigenvalue weighted by atomic mass is 9.97. The summed E-state index contributed by atoms with van der Waals surface area (Å²) >= 11 is 0. The SMILES string of the molecule is Cc1ccc(S(=O)(=O)N/N=C/CCCC2CCCC2NN(c2ccccc2)c2ccccc2)cc1. The number of hydrogen-bond acceptors (Lipinski definition) is 5. The Labute approximate surface area is 209 Å². The van der Waals surface area contributed by atoms with E-state index in [9.17, 15) is 8.42 Å². The first kappa shape index (κ1) is 24.9. The molecular formula is C28H34N4O2S. The summed E-state index contributed by atoms with van der Waals surface area (Å²) in [4.78, 5) is 2.54. The summed E-state index contributed by atoms with van der Waals surface area (Å²) < 4.78 is 24.7. The summed E-state index contributed by atoms with van der Waals surface area (Å²) in [6.07, 6.45) is 8.01. The molecule has 1 aliphatic rings. The molecule has 7 heteroatoms. The Morgan fingerprint density at radius 3 is 2.17 bits per heavy atom. The molecule has 2 N–H and O–H groups in total. The minimum Gasteiger partial charge on any atom is -0.277 e. The van der Waals surface area contributed by atoms with Crippen LogP contribution in [0.2, 0.25) is 0 Å². The van der Waals surface area contributed by atoms with Crippen LogP contribution in [0.4, 0.5) is 11.4 Å². The first-order valence-electron chi connectivity index (χ1n) is 12.3. The van der Waals surface area contributed by atoms with Crippen LogP contribution in [0.15, 0.2) is 94.9 Å². The summed E-state index contributed by atoms with van der Waals surface area (Å²) in [7, 11) is -3.62. The van der Waals surface area contributed by atoms with Crippen LogP contribution in [-0.4, -0.2) is 20.7 Å². The standard InChI is InChI=1S/C28H34N4O2S/c1-23-18-20-27(21-19-23)35(33,34)31-29-22-9-8-11-24-12-10-17-28(24)30-32(25-13-4-2-5-14-25)26-15-6-3-7-16-26/h2-7,13-16,18-22,24,28,30-31H,8-12,17H2,1H3/b29-22+. The van der Waals surface area contributed by atoms with Gasteiger partial charge in [-0.15, -0.1) is 0 Å². The first-order chi connectivity index (χ1) is 17.0. The molecule has 0 aliphatic heterocycles. The van der Waals surface area contributed by atoms with Crippen LogP contribution < -0.4 is 15.3 Å². The van der Waals surface area contributed by atoms with E-state index in [2.05, 4.69) is 68.9 Å². The zero-order chi connectivity index (χ0) is 24.5. The van der Waals surface area contributed by atoms with Crippen molar-refractivity contribution < 1.29 is 8.42 Å². The summed E-state index contributed by atoms with van der Waals surface area (Å²) in [5.74, 6) is 0.572. The van der Waals surface area contributed by atoms with Crippen molar-refractivity contribution in [3.05, 3.63) is 90.5 Å². The number of nitrogens with one attached hydrogen (secondary N) is 2. The molecule has 35 heavy (non-hydrogen) atoms. The van der Waals surface area contributed by atoms with Crippen molar-refractivity contribution in [2.24, 2.45) is 11.0 Å². The summed E-state index contributed by atoms with van der Waals surface area (Å²) in [5, 5.41) is 6.16. The Bertz CT molecular complexity index is 1140. The minimum atomic E-state index is -3.62. The molecule has 1 aliphatic carbocycles. The van der Waals surface area contributed by atoms with E-state index < -0.39 is 10.0 Å². The van der Waals surface area contributed by atoms with Crippen molar-refractivity contribution in [3.8, 4) is 0 Å². The van der Waals surface area contributed by atoms with Gasteiger partial charge in [0.1, 0.15) is 0 Å². The van der Waals surface area contributed by atoms with E-state index in [1.54, 1.807) is 30.5 Å². The van der Waals surface area contributed by atoms with Gasteiger partial charge in [0.05, 0.1) is 16.3 Å². The molecule has 0 spiro atoms. The number of rotatable bonds is 11. The molecule has 2 unspecified atom stereocenters. The second-order valence-corrected chi connectivity index (χ2v) is 10.7. The highest BCUT2D eigenvalue weighted by atomic mass is 32.2. The van der Waals surface area contributed by atoms with Gasteiger partial charge in [0.2, 0.25) is 0 Å². The van der Waals surface area contributed by atoms with Crippen molar-refractivity contribution in [2.45, 2.75) is 56.4 Å². The van der Waals surface area contributed by atoms with Gasteiger partial charge in [0, 0.05) is 12.3 Å². The Hall–Kier alpha value is -3.16. The van der Waals surface area contributed by atoms with Crippen LogP contribution in [-0.2, 0) is 10.0 Å². The number of benzene rings is 3. The molecular weight excluding hydrogens is 456 g/mol. The third-order valence-corrected chi connectivity index (χ3v) is 7.72. The summed E-state index contributed by atoms with van der Waals surface area (Å²) in [6, 6.07) is 27.9. The lowest BCUT2D eigenvalue weighted by Crippen LogP contribution is -2.43. The quantitative estimate of drug-likeness (QED) is 0.198. The van der Waals surface area contributed by atoms with Crippen molar-refractivity contribution in [1.29, 1.82) is 0 Å². The number of anilines is 2. The van der Waals surface area contributed by atoms with Crippen molar-refractivity contribution in [2.75, 3.05) is 5.01 Å². The fourth-order valence-electron chi connectivity index (χ4n) is 4.58. The maximum atomic E-state index is 12.3. The molecule has 0 aromatic heterocycles. The molecule has 0 bridgehead atoms. The van der Waals surface area contributed by atoms with Crippen LogP contribution in [0.5, 0.6) is 0 Å². The predicted octanol–water partition coefficient (Wildman–Crippen LogP) is 5.94. The molecule has 0 heterocycles. The van der Waals surface area contributed by atoms with Crippen LogP contribution in [0.3, 0.4) is 0 Å². The number of unbranched alkanes of at least 4 members (excludes halogenated alkanes) is 1. The smallest absolute Gasteiger partial charge is 0.276 e. The van der Waals surface area contributed by atoms with E-state index in [0.29, 0.717) is 12.0 Å². The number of hydrazine groups is 1. The Kier molecular flexibility index (Phi) is 8.55. The lowest BCUT2D eigenvalue weighted by Gasteiger charge is -2.32. The monoisotopic (exact) mass is 490 g/mol. The number of para-hydroxylation sites is 2. The van der Waals surface area contributed by atoms with E-state index in [0.717, 1.165) is 42.6 Å². The molecule has 2 atom stereocenters. The molecule has 0 saturated heterocycles. The Balaban J connectivity index is 1.29. The summed E-state index contributed by atoms with van der Waals surface area (Å²) in [6.45, 7) is 1.92. The highest BCUT2D eigenvalue weighted by molar-refractivity contribution is 7.89. The zero-order valence-corrected chi connectivity index (χ0v) is 21.0. The second-order valence-electron chi connectivity index (χ2n) is 9.08. The van der Waals surface area contributed by atoms with Gasteiger partial charge in [-0.2, -0.15) is 13.5 Å². The molecule has 0 amide bonds. The van der Waals surface area contributed by atoms with E-state index in [1.165, 1.54) is 12.8 Å². The average Bonchev–Trinajstić information content (AvgIpc) is 3.33. The maximum absolute atomic E-state index is 12.3. The Morgan fingerprint density at radius 2 is 1.54 bits per heavy atom. The van der Waals surface area contributed by atoms with E-state index in [1.807, 2.05) is 19.1 Å². The van der Waals surface area contributed by atoms with Crippen LogP contribution >= 0.6 is 0 Å². The topological polar surface area (TPSA) is 73.8 Å². The predicted molar refractivity (Wildman–Crippen MR) is 143 cm³/mol. The van der Waals surface area contributed by atoms with Gasteiger partial charge in [-0.05, 0) is 81.3 Å². The lowest BCUT2D eigenvalue weighted by molar-refractivity contribution is 0.376. The molecule has 184 valence electrons. The van der Waals surface area contributed by atoms with E-state index >= 15 is 0 Å². The van der Waals surface area contributed by atoms with Gasteiger partial charge in [-0.25, -0.2) is 10.3 Å². The van der Waals surface area contributed by atoms with Gasteiger partial charge in [-0.3, -0.25) is 5.01 Å². The highest BCUT2D eigenvalue weighted by Gasteiger charge is 2.28. The molecule has 3 aromatic rings. The molecule has 1 fully saturated rings. The number of nitrogens with zero attached hydrogens (tertiary/aromatic N) is 2. The number of aryl methyl sites for hydroxylation is 1. The van der Waals surface area contributed by atoms with Gasteiger partial charge >= 0.3 is 0 Å². The van der Waals surface area contributed by atoms with E-state index in [-0.39, 0.29) is 4.90 Å². The van der Waals surface area contributed by atoms with Crippen LogP contribution in [0, 0.1) is 12.8 Å². The normalized spacial score (nSPS) is 18.1. The van der Waals surface area contributed by atoms with Crippen molar-refractivity contribution in [3.63, 3.8) is 0 Å². The number of hydrazone groups is 1. The van der Waals surface area contributed by atoms with Crippen LogP contribution in [0.25, 0.3) is 0 Å².